The molecule has 0 aliphatic carbocycles. The minimum absolute atomic E-state index is 0.106. The van der Waals surface area contributed by atoms with Gasteiger partial charge in [-0.05, 0) is 36.2 Å². The number of hydrogen-bond acceptors (Lipinski definition) is 6. The van der Waals surface area contributed by atoms with Crippen molar-refractivity contribution in [1.82, 2.24) is 9.88 Å². The molecule has 150 valence electrons. The van der Waals surface area contributed by atoms with Gasteiger partial charge in [0.2, 0.25) is 0 Å². The number of fused-ring (bicyclic) bond motifs is 1. The number of rotatable bonds is 4. The Hall–Kier alpha value is -3.70. The third-order valence-electron chi connectivity index (χ3n) is 4.76. The summed E-state index contributed by atoms with van der Waals surface area (Å²) < 4.78 is 5.36. The molecule has 1 aromatic carbocycles. The molecule has 0 unspecified atom stereocenters. The zero-order valence-electron chi connectivity index (χ0n) is 16.0. The predicted molar refractivity (Wildman–Crippen MR) is 112 cm³/mol. The summed E-state index contributed by atoms with van der Waals surface area (Å²) in [5.41, 5.74) is 2.56. The lowest BCUT2D eigenvalue weighted by molar-refractivity contribution is 0.0912. The highest BCUT2D eigenvalue weighted by atomic mass is 32.1. The monoisotopic (exact) mass is 418 g/mol. The lowest BCUT2D eigenvalue weighted by Crippen LogP contribution is -2.35. The summed E-state index contributed by atoms with van der Waals surface area (Å²) in [4.78, 5) is 31.6. The summed E-state index contributed by atoms with van der Waals surface area (Å²) in [6, 6.07) is 16.5. The average Bonchev–Trinajstić information content (AvgIpc) is 3.14. The fourth-order valence-electron chi connectivity index (χ4n) is 3.24. The molecule has 0 atom stereocenters. The van der Waals surface area contributed by atoms with E-state index in [9.17, 15) is 14.9 Å². The minimum atomic E-state index is -0.423. The van der Waals surface area contributed by atoms with Crippen LogP contribution in [0.2, 0.25) is 0 Å². The van der Waals surface area contributed by atoms with Crippen LogP contribution in [0.15, 0.2) is 54.7 Å². The lowest BCUT2D eigenvalue weighted by atomic mass is 10.0. The van der Waals surface area contributed by atoms with Gasteiger partial charge < -0.3 is 15.0 Å². The van der Waals surface area contributed by atoms with E-state index in [1.807, 2.05) is 12.1 Å². The van der Waals surface area contributed by atoms with Crippen LogP contribution in [0.1, 0.15) is 32.1 Å². The number of aromatic nitrogens is 1. The largest absolute Gasteiger partial charge is 0.443 e. The minimum Gasteiger partial charge on any atom is -0.443 e. The summed E-state index contributed by atoms with van der Waals surface area (Å²) in [5.74, 6) is -0.266. The molecule has 2 aromatic heterocycles. The highest BCUT2D eigenvalue weighted by Crippen LogP contribution is 2.37. The van der Waals surface area contributed by atoms with Crippen LogP contribution in [0, 0.1) is 11.3 Å². The first-order valence-electron chi connectivity index (χ1n) is 9.38. The average molecular weight is 418 g/mol. The van der Waals surface area contributed by atoms with E-state index < -0.39 is 6.09 Å². The number of carbonyl (C=O) groups excluding carboxylic acids is 2. The smallest absolute Gasteiger partial charge is 0.410 e. The number of amides is 2. The van der Waals surface area contributed by atoms with E-state index >= 15 is 0 Å². The molecule has 0 bridgehead atoms. The molecule has 1 aliphatic rings. The van der Waals surface area contributed by atoms with Crippen LogP contribution >= 0.6 is 11.3 Å². The lowest BCUT2D eigenvalue weighted by Gasteiger charge is -2.26. The quantitative estimate of drug-likeness (QED) is 0.692. The first kappa shape index (κ1) is 19.6. The van der Waals surface area contributed by atoms with Gasteiger partial charge in [-0.2, -0.15) is 5.26 Å². The second kappa shape index (κ2) is 8.76. The van der Waals surface area contributed by atoms with Crippen molar-refractivity contribution in [3.63, 3.8) is 0 Å². The fourth-order valence-corrected chi connectivity index (χ4v) is 4.45. The highest BCUT2D eigenvalue weighted by molar-refractivity contribution is 7.16. The number of anilines is 1. The van der Waals surface area contributed by atoms with Crippen molar-refractivity contribution < 1.29 is 14.3 Å². The van der Waals surface area contributed by atoms with Gasteiger partial charge in [-0.25, -0.2) is 4.79 Å². The summed E-state index contributed by atoms with van der Waals surface area (Å²) >= 11 is 1.33. The standard InChI is InChI=1S/C22H18N4O3S/c23-12-18-17-9-11-26(22(28)29-14-16-8-4-5-10-24-16)13-19(17)30-21(18)25-20(27)15-6-2-1-3-7-15/h1-8,10H,9,11,13-14H2,(H,25,27). The molecule has 0 spiro atoms. The number of ether oxygens (including phenoxy) is 1. The number of carbonyl (C=O) groups is 2. The molecule has 3 aromatic rings. The van der Waals surface area contributed by atoms with Crippen LogP contribution < -0.4 is 5.32 Å². The van der Waals surface area contributed by atoms with Gasteiger partial charge >= 0.3 is 6.09 Å². The normalized spacial score (nSPS) is 12.6. The van der Waals surface area contributed by atoms with Crippen molar-refractivity contribution in [3.05, 3.63) is 82.0 Å². The molecule has 7 nitrogen and oxygen atoms in total. The van der Waals surface area contributed by atoms with Gasteiger partial charge in [0.1, 0.15) is 17.7 Å². The van der Waals surface area contributed by atoms with E-state index in [-0.39, 0.29) is 12.5 Å². The summed E-state index contributed by atoms with van der Waals surface area (Å²) in [6.45, 7) is 0.901. The zero-order chi connectivity index (χ0) is 20.9. The molecule has 2 amide bonds. The number of benzene rings is 1. The van der Waals surface area contributed by atoms with Crippen LogP contribution in [-0.4, -0.2) is 28.4 Å². The number of nitrogens with zero attached hydrogens (tertiary/aromatic N) is 3. The van der Waals surface area contributed by atoms with Crippen molar-refractivity contribution in [2.24, 2.45) is 0 Å². The maximum Gasteiger partial charge on any atom is 0.410 e. The van der Waals surface area contributed by atoms with E-state index in [2.05, 4.69) is 16.4 Å². The third kappa shape index (κ3) is 4.16. The Labute approximate surface area is 177 Å². The van der Waals surface area contributed by atoms with Crippen molar-refractivity contribution >= 4 is 28.3 Å². The second-order valence-corrected chi connectivity index (χ2v) is 7.79. The Morgan fingerprint density at radius 1 is 1.20 bits per heavy atom. The van der Waals surface area contributed by atoms with E-state index in [4.69, 9.17) is 4.74 Å². The van der Waals surface area contributed by atoms with E-state index in [0.717, 1.165) is 10.4 Å². The Bertz CT molecular complexity index is 1110. The highest BCUT2D eigenvalue weighted by Gasteiger charge is 2.28. The molecule has 4 rings (SSSR count). The van der Waals surface area contributed by atoms with E-state index in [1.54, 1.807) is 47.5 Å². The van der Waals surface area contributed by atoms with Gasteiger partial charge in [0.25, 0.3) is 5.91 Å². The number of pyridine rings is 1. The van der Waals surface area contributed by atoms with Crippen LogP contribution in [-0.2, 0) is 24.3 Å². The van der Waals surface area contributed by atoms with Crippen molar-refractivity contribution in [3.8, 4) is 6.07 Å². The van der Waals surface area contributed by atoms with Crippen LogP contribution in [0.3, 0.4) is 0 Å². The van der Waals surface area contributed by atoms with Gasteiger partial charge in [-0.15, -0.1) is 11.3 Å². The van der Waals surface area contributed by atoms with Crippen molar-refractivity contribution in [2.75, 3.05) is 11.9 Å². The Morgan fingerprint density at radius 3 is 2.73 bits per heavy atom. The Kier molecular flexibility index (Phi) is 5.72. The SMILES string of the molecule is N#Cc1c(NC(=O)c2ccccc2)sc2c1CCN(C(=O)OCc1ccccn1)C2. The summed E-state index contributed by atoms with van der Waals surface area (Å²) in [5, 5.41) is 13.0. The fraction of sp³-hybridized carbons (Fsp3) is 0.182. The second-order valence-electron chi connectivity index (χ2n) is 6.69. The first-order valence-corrected chi connectivity index (χ1v) is 10.2. The number of hydrogen-bond donors (Lipinski definition) is 1. The summed E-state index contributed by atoms with van der Waals surface area (Å²) in [6.07, 6.45) is 1.76. The Balaban J connectivity index is 1.45. The number of nitriles is 1. The maximum absolute atomic E-state index is 12.5. The molecule has 3 heterocycles. The third-order valence-corrected chi connectivity index (χ3v) is 5.89. The molecule has 1 N–H and O–H groups in total. The molecular weight excluding hydrogens is 400 g/mol. The van der Waals surface area contributed by atoms with Crippen LogP contribution in [0.25, 0.3) is 0 Å². The van der Waals surface area contributed by atoms with Crippen molar-refractivity contribution in [2.45, 2.75) is 19.6 Å². The molecule has 0 saturated carbocycles. The Morgan fingerprint density at radius 2 is 2.00 bits per heavy atom. The molecule has 8 heteroatoms. The van der Waals surface area contributed by atoms with Gasteiger partial charge in [0, 0.05) is 23.2 Å². The topological polar surface area (TPSA) is 95.3 Å². The summed E-state index contributed by atoms with van der Waals surface area (Å²) in [7, 11) is 0. The van der Waals surface area contributed by atoms with Gasteiger partial charge in [-0.1, -0.05) is 24.3 Å². The van der Waals surface area contributed by atoms with Gasteiger partial charge in [0.15, 0.2) is 0 Å². The van der Waals surface area contributed by atoms with Crippen LogP contribution in [0.4, 0.5) is 9.80 Å². The molecule has 1 aliphatic heterocycles. The number of nitrogens with one attached hydrogen (secondary N) is 1. The zero-order valence-corrected chi connectivity index (χ0v) is 16.8. The predicted octanol–water partition coefficient (Wildman–Crippen LogP) is 3.96. The molecule has 0 fully saturated rings. The van der Waals surface area contributed by atoms with E-state index in [0.29, 0.717) is 41.3 Å². The molecular formula is C22H18N4O3S. The van der Waals surface area contributed by atoms with Gasteiger partial charge in [-0.3, -0.25) is 9.78 Å². The van der Waals surface area contributed by atoms with Gasteiger partial charge in [0.05, 0.1) is 17.8 Å². The maximum atomic E-state index is 12.5. The number of thiophene rings is 1. The van der Waals surface area contributed by atoms with E-state index in [1.165, 1.54) is 11.3 Å². The first-order chi connectivity index (χ1) is 14.7. The molecule has 0 radical (unpaired) electrons. The van der Waals surface area contributed by atoms with Crippen molar-refractivity contribution in [1.29, 1.82) is 5.26 Å². The molecule has 30 heavy (non-hydrogen) atoms. The molecule has 0 saturated heterocycles. The van der Waals surface area contributed by atoms with Crippen LogP contribution in [0.5, 0.6) is 0 Å².